The highest BCUT2D eigenvalue weighted by Gasteiger charge is 2.17. The van der Waals surface area contributed by atoms with Gasteiger partial charge in [0.2, 0.25) is 0 Å². The normalized spacial score (nSPS) is 14.3. The zero-order chi connectivity index (χ0) is 22.3. The molecule has 1 aromatic heterocycles. The number of H-pyrrole nitrogens is 1. The molecule has 0 aliphatic carbocycles. The number of carboxylic acid groups (broad SMARTS) is 1. The molecule has 32 heavy (non-hydrogen) atoms. The van der Waals surface area contributed by atoms with E-state index in [2.05, 4.69) is 45.1 Å². The molecule has 3 aromatic rings. The average molecular weight is 436 g/mol. The molecule has 1 saturated heterocycles. The Morgan fingerprint density at radius 1 is 1.12 bits per heavy atom. The fraction of sp³-hybridized carbons (Fsp3) is 0.360. The van der Waals surface area contributed by atoms with E-state index < -0.39 is 5.97 Å². The molecule has 4 rings (SSSR count). The van der Waals surface area contributed by atoms with Gasteiger partial charge in [-0.15, -0.1) is 0 Å². The van der Waals surface area contributed by atoms with Gasteiger partial charge in [-0.05, 0) is 73.9 Å². The van der Waals surface area contributed by atoms with Crippen LogP contribution in [0.25, 0.3) is 0 Å². The van der Waals surface area contributed by atoms with Crippen LogP contribution in [-0.4, -0.2) is 41.0 Å². The van der Waals surface area contributed by atoms with E-state index in [0.717, 1.165) is 36.8 Å². The van der Waals surface area contributed by atoms with Gasteiger partial charge in [-0.3, -0.25) is 5.10 Å². The van der Waals surface area contributed by atoms with E-state index in [4.69, 9.17) is 4.74 Å². The number of carboxylic acids is 1. The Kier molecular flexibility index (Phi) is 7.07. The van der Waals surface area contributed by atoms with Crippen molar-refractivity contribution >= 4 is 17.3 Å². The van der Waals surface area contributed by atoms with E-state index >= 15 is 0 Å². The first-order chi connectivity index (χ1) is 15.6. The van der Waals surface area contributed by atoms with Gasteiger partial charge in [-0.1, -0.05) is 24.3 Å². The van der Waals surface area contributed by atoms with Gasteiger partial charge < -0.3 is 20.5 Å². The molecule has 0 unspecified atom stereocenters. The van der Waals surface area contributed by atoms with Crippen molar-refractivity contribution in [1.29, 1.82) is 0 Å². The summed E-state index contributed by atoms with van der Waals surface area (Å²) < 4.78 is 5.95. The Hall–Kier alpha value is -3.32. The summed E-state index contributed by atoms with van der Waals surface area (Å²) in [5.74, 6) is 0.679. The molecule has 168 valence electrons. The third-order valence-corrected chi connectivity index (χ3v) is 6.06. The number of aromatic carboxylic acids is 1. The van der Waals surface area contributed by atoms with Crippen molar-refractivity contribution < 1.29 is 20.0 Å². The monoisotopic (exact) mass is 435 g/mol. The van der Waals surface area contributed by atoms with E-state index in [9.17, 15) is 9.90 Å². The quantitative estimate of drug-likeness (QED) is 0.412. The van der Waals surface area contributed by atoms with Gasteiger partial charge in [0, 0.05) is 5.69 Å². The maximum Gasteiger partial charge on any atom is 0.358 e. The van der Waals surface area contributed by atoms with Gasteiger partial charge in [0.25, 0.3) is 0 Å². The van der Waals surface area contributed by atoms with E-state index in [1.54, 1.807) is 6.92 Å². The van der Waals surface area contributed by atoms with Crippen LogP contribution in [0.4, 0.5) is 11.4 Å². The summed E-state index contributed by atoms with van der Waals surface area (Å²) in [6.07, 6.45) is 4.57. The van der Waals surface area contributed by atoms with Crippen LogP contribution in [-0.2, 0) is 6.42 Å². The summed E-state index contributed by atoms with van der Waals surface area (Å²) in [6, 6.07) is 16.3. The van der Waals surface area contributed by atoms with Crippen LogP contribution in [0.1, 0.15) is 46.6 Å². The van der Waals surface area contributed by atoms with Crippen molar-refractivity contribution in [3.8, 4) is 5.75 Å². The van der Waals surface area contributed by atoms with E-state index in [0.29, 0.717) is 11.4 Å². The van der Waals surface area contributed by atoms with E-state index in [1.807, 2.05) is 24.3 Å². The topological polar surface area (TPSA) is 104 Å². The summed E-state index contributed by atoms with van der Waals surface area (Å²) in [5.41, 5.74) is 4.39. The first-order valence-corrected chi connectivity index (χ1v) is 11.3. The van der Waals surface area contributed by atoms with Gasteiger partial charge >= 0.3 is 5.97 Å². The Morgan fingerprint density at radius 3 is 2.44 bits per heavy atom. The largest absolute Gasteiger partial charge is 0.494 e. The second-order valence-corrected chi connectivity index (χ2v) is 8.47. The number of hydrogen-bond donors (Lipinski definition) is 4. The molecule has 1 aliphatic rings. The number of aromatic nitrogens is 2. The minimum Gasteiger partial charge on any atom is -0.494 e. The summed E-state index contributed by atoms with van der Waals surface area (Å²) >= 11 is 0. The van der Waals surface area contributed by atoms with Crippen molar-refractivity contribution in [2.45, 2.75) is 32.6 Å². The first kappa shape index (κ1) is 21.9. The molecule has 7 nitrogen and oxygen atoms in total. The highest BCUT2D eigenvalue weighted by Crippen LogP contribution is 2.24. The maximum atomic E-state index is 11.3. The number of benzene rings is 2. The van der Waals surface area contributed by atoms with Gasteiger partial charge in [-0.25, -0.2) is 4.79 Å². The Labute approximate surface area is 188 Å². The number of nitrogens with zero attached hydrogens (tertiary/aromatic N) is 1. The molecule has 0 bridgehead atoms. The van der Waals surface area contributed by atoms with Crippen LogP contribution in [0.5, 0.6) is 5.75 Å². The number of aromatic amines is 1. The minimum absolute atomic E-state index is 0.00821. The zero-order valence-electron chi connectivity index (χ0n) is 18.4. The summed E-state index contributed by atoms with van der Waals surface area (Å²) in [6.45, 7) is 5.09. The number of nitrogens with one attached hydrogen (secondary N) is 2. The molecule has 2 aromatic carbocycles. The van der Waals surface area contributed by atoms with Crippen molar-refractivity contribution in [3.63, 3.8) is 0 Å². The van der Waals surface area contributed by atoms with Gasteiger partial charge in [0.15, 0.2) is 5.69 Å². The van der Waals surface area contributed by atoms with Crippen molar-refractivity contribution in [3.05, 3.63) is 71.0 Å². The second kappa shape index (κ2) is 10.3. The van der Waals surface area contributed by atoms with Crippen LogP contribution in [0, 0.1) is 12.8 Å². The van der Waals surface area contributed by atoms with Gasteiger partial charge in [0.05, 0.1) is 31.1 Å². The molecule has 1 aliphatic heterocycles. The molecule has 2 heterocycles. The van der Waals surface area contributed by atoms with Crippen LogP contribution < -0.4 is 15.4 Å². The van der Waals surface area contributed by atoms with Gasteiger partial charge in [-0.2, -0.15) is 5.10 Å². The molecule has 0 spiro atoms. The Balaban J connectivity index is 1.29. The number of aryl methyl sites for hydroxylation is 1. The van der Waals surface area contributed by atoms with Gasteiger partial charge in [0.1, 0.15) is 5.75 Å². The molecule has 5 N–H and O–H groups in total. The number of anilines is 2. The number of hydrogen-bond acceptors (Lipinski definition) is 4. The predicted octanol–water partition coefficient (Wildman–Crippen LogP) is 3.49. The molecule has 0 radical (unpaired) electrons. The fourth-order valence-corrected chi connectivity index (χ4v) is 4.15. The smallest absolute Gasteiger partial charge is 0.358 e. The highest BCUT2D eigenvalue weighted by atomic mass is 16.5. The molecular formula is C25H31N4O3+. The maximum absolute atomic E-state index is 11.3. The molecular weight excluding hydrogens is 404 g/mol. The number of quaternary nitrogens is 1. The third-order valence-electron chi connectivity index (χ3n) is 6.06. The summed E-state index contributed by atoms with van der Waals surface area (Å²) in [7, 11) is 0. The SMILES string of the molecule is Cc1[nH]nc(C(=O)O)c1Nc1ccc(Cc2ccc(OCCC3CC[NH2+]CC3)cc2)cc1. The fourth-order valence-electron chi connectivity index (χ4n) is 4.15. The van der Waals surface area contributed by atoms with Crippen LogP contribution in [0.3, 0.4) is 0 Å². The zero-order valence-corrected chi connectivity index (χ0v) is 18.4. The predicted molar refractivity (Wildman–Crippen MR) is 124 cm³/mol. The molecule has 0 atom stereocenters. The highest BCUT2D eigenvalue weighted by molar-refractivity contribution is 5.93. The summed E-state index contributed by atoms with van der Waals surface area (Å²) in [5, 5.41) is 21.4. The molecule has 7 heteroatoms. The number of piperidine rings is 1. The lowest BCUT2D eigenvalue weighted by molar-refractivity contribution is -0.664. The lowest BCUT2D eigenvalue weighted by Crippen LogP contribution is -2.86. The summed E-state index contributed by atoms with van der Waals surface area (Å²) in [4.78, 5) is 11.3. The van der Waals surface area contributed by atoms with Crippen molar-refractivity contribution in [2.24, 2.45) is 5.92 Å². The average Bonchev–Trinajstić information content (AvgIpc) is 3.17. The lowest BCUT2D eigenvalue weighted by atomic mass is 9.95. The van der Waals surface area contributed by atoms with Crippen molar-refractivity contribution in [2.75, 3.05) is 25.0 Å². The Bertz CT molecular complexity index is 1020. The lowest BCUT2D eigenvalue weighted by Gasteiger charge is -2.20. The Morgan fingerprint density at radius 2 is 1.78 bits per heavy atom. The van der Waals surface area contributed by atoms with Crippen LogP contribution in [0.15, 0.2) is 48.5 Å². The third kappa shape index (κ3) is 5.68. The molecule has 1 fully saturated rings. The molecule has 0 saturated carbocycles. The minimum atomic E-state index is -1.06. The number of nitrogens with two attached hydrogens (primary N) is 1. The number of ether oxygens (including phenoxy) is 1. The first-order valence-electron chi connectivity index (χ1n) is 11.3. The van der Waals surface area contributed by atoms with Crippen LogP contribution in [0.2, 0.25) is 0 Å². The molecule has 0 amide bonds. The second-order valence-electron chi connectivity index (χ2n) is 8.47. The van der Waals surface area contributed by atoms with Crippen molar-refractivity contribution in [1.82, 2.24) is 10.2 Å². The van der Waals surface area contributed by atoms with E-state index in [1.165, 1.54) is 37.1 Å². The number of carbonyl (C=O) groups is 1. The van der Waals surface area contributed by atoms with Crippen LogP contribution >= 0.6 is 0 Å². The van der Waals surface area contributed by atoms with E-state index in [-0.39, 0.29) is 5.69 Å². The standard InChI is InChI=1S/C25H30N4O3/c1-17-23(24(25(30)31)29-28-17)27-21-6-2-19(3-7-21)16-20-4-8-22(9-5-20)32-15-12-18-10-13-26-14-11-18/h2-9,18,26-27H,10-16H2,1H3,(H,28,29)(H,30,31)/p+1. The number of rotatable bonds is 9.